The third-order valence-corrected chi connectivity index (χ3v) is 6.77. The standard InChI is InChI=1S/C24H31N3O4S2/c1-4-30-22(28)19-16(3)20(23(29)31-5-2)33-21(19)26-24(32)25-18-11-9-17(10-12-18)15-27-13-7-6-8-14-27/h9-12H,4-8,13-15H2,1-3H3,(H2,25,26,32). The number of thiocarbonyl (C=S) groups is 1. The molecule has 1 aliphatic rings. The van der Waals surface area contributed by atoms with Gasteiger partial charge in [-0.15, -0.1) is 11.3 Å². The summed E-state index contributed by atoms with van der Waals surface area (Å²) in [6.45, 7) is 8.93. The number of carbonyl (C=O) groups excluding carboxylic acids is 2. The second-order valence-corrected chi connectivity index (χ2v) is 9.24. The van der Waals surface area contributed by atoms with Gasteiger partial charge in [0.05, 0.1) is 18.8 Å². The fraction of sp³-hybridized carbons (Fsp3) is 0.458. The summed E-state index contributed by atoms with van der Waals surface area (Å²) in [5.74, 6) is -0.976. The Kier molecular flexibility index (Phi) is 9.22. The second kappa shape index (κ2) is 12.1. The summed E-state index contributed by atoms with van der Waals surface area (Å²) in [6, 6.07) is 8.17. The molecule has 0 atom stereocenters. The molecule has 1 fully saturated rings. The molecule has 7 nitrogen and oxygen atoms in total. The highest BCUT2D eigenvalue weighted by Crippen LogP contribution is 2.34. The number of rotatable bonds is 8. The van der Waals surface area contributed by atoms with Crippen LogP contribution in [0.4, 0.5) is 10.7 Å². The van der Waals surface area contributed by atoms with Crippen molar-refractivity contribution in [3.63, 3.8) is 0 Å². The van der Waals surface area contributed by atoms with Crippen LogP contribution in [0.25, 0.3) is 0 Å². The van der Waals surface area contributed by atoms with Crippen LogP contribution in [0.15, 0.2) is 24.3 Å². The number of likely N-dealkylation sites (tertiary alicyclic amines) is 1. The Balaban J connectivity index is 1.69. The lowest BCUT2D eigenvalue weighted by atomic mass is 10.1. The van der Waals surface area contributed by atoms with E-state index < -0.39 is 11.9 Å². The number of thiophene rings is 1. The molecule has 0 bridgehead atoms. The van der Waals surface area contributed by atoms with Gasteiger partial charge in [-0.1, -0.05) is 18.6 Å². The lowest BCUT2D eigenvalue weighted by Crippen LogP contribution is -2.29. The molecule has 0 aliphatic carbocycles. The van der Waals surface area contributed by atoms with Crippen molar-refractivity contribution in [2.24, 2.45) is 0 Å². The summed E-state index contributed by atoms with van der Waals surface area (Å²) < 4.78 is 10.3. The number of hydrogen-bond acceptors (Lipinski definition) is 7. The van der Waals surface area contributed by atoms with E-state index in [1.807, 2.05) is 12.1 Å². The van der Waals surface area contributed by atoms with Crippen LogP contribution in [0.1, 0.15) is 64.3 Å². The average Bonchev–Trinajstić information content (AvgIpc) is 3.12. The van der Waals surface area contributed by atoms with Gasteiger partial charge in [-0.3, -0.25) is 4.90 Å². The molecular weight excluding hydrogens is 458 g/mol. The van der Waals surface area contributed by atoms with E-state index in [-0.39, 0.29) is 13.2 Å². The number of nitrogens with one attached hydrogen (secondary N) is 2. The maximum Gasteiger partial charge on any atom is 0.348 e. The van der Waals surface area contributed by atoms with E-state index >= 15 is 0 Å². The zero-order valence-electron chi connectivity index (χ0n) is 19.4. The summed E-state index contributed by atoms with van der Waals surface area (Å²) in [5, 5.41) is 6.98. The smallest absolute Gasteiger partial charge is 0.348 e. The zero-order chi connectivity index (χ0) is 23.8. The van der Waals surface area contributed by atoms with Crippen LogP contribution < -0.4 is 10.6 Å². The first kappa shape index (κ1) is 25.1. The minimum Gasteiger partial charge on any atom is -0.462 e. The summed E-state index contributed by atoms with van der Waals surface area (Å²) in [6.07, 6.45) is 3.87. The monoisotopic (exact) mass is 489 g/mol. The van der Waals surface area contributed by atoms with Crippen molar-refractivity contribution in [2.75, 3.05) is 36.9 Å². The number of carbonyl (C=O) groups is 2. The second-order valence-electron chi connectivity index (χ2n) is 7.81. The van der Waals surface area contributed by atoms with Crippen molar-refractivity contribution in [2.45, 2.75) is 46.6 Å². The molecule has 0 saturated carbocycles. The van der Waals surface area contributed by atoms with E-state index in [1.165, 1.54) is 24.8 Å². The normalized spacial score (nSPS) is 13.9. The minimum atomic E-state index is -0.505. The Morgan fingerprint density at radius 2 is 1.64 bits per heavy atom. The molecular formula is C24H31N3O4S2. The number of nitrogens with zero attached hydrogens (tertiary/aromatic N) is 1. The largest absolute Gasteiger partial charge is 0.462 e. The van der Waals surface area contributed by atoms with E-state index in [2.05, 4.69) is 27.7 Å². The Morgan fingerprint density at radius 3 is 2.27 bits per heavy atom. The topological polar surface area (TPSA) is 79.9 Å². The van der Waals surface area contributed by atoms with E-state index in [1.54, 1.807) is 20.8 Å². The highest BCUT2D eigenvalue weighted by molar-refractivity contribution is 7.80. The van der Waals surface area contributed by atoms with Gasteiger partial charge in [0, 0.05) is 12.2 Å². The molecule has 2 aromatic rings. The van der Waals surface area contributed by atoms with Gasteiger partial charge in [0.15, 0.2) is 5.11 Å². The summed E-state index contributed by atoms with van der Waals surface area (Å²) in [4.78, 5) is 27.7. The average molecular weight is 490 g/mol. The summed E-state index contributed by atoms with van der Waals surface area (Å²) >= 11 is 6.60. The van der Waals surface area contributed by atoms with Crippen molar-refractivity contribution >= 4 is 51.3 Å². The first-order valence-electron chi connectivity index (χ1n) is 11.3. The van der Waals surface area contributed by atoms with Gasteiger partial charge >= 0.3 is 11.9 Å². The number of hydrogen-bond donors (Lipinski definition) is 2. The predicted octanol–water partition coefficient (Wildman–Crippen LogP) is 5.20. The van der Waals surface area contributed by atoms with Gasteiger partial charge in [-0.25, -0.2) is 9.59 Å². The molecule has 178 valence electrons. The highest BCUT2D eigenvalue weighted by Gasteiger charge is 2.26. The molecule has 1 saturated heterocycles. The van der Waals surface area contributed by atoms with E-state index in [4.69, 9.17) is 21.7 Å². The van der Waals surface area contributed by atoms with Crippen molar-refractivity contribution in [1.82, 2.24) is 4.90 Å². The van der Waals surface area contributed by atoms with Crippen LogP contribution >= 0.6 is 23.6 Å². The summed E-state index contributed by atoms with van der Waals surface area (Å²) in [7, 11) is 0. The molecule has 0 spiro atoms. The molecule has 9 heteroatoms. The molecule has 2 heterocycles. The third kappa shape index (κ3) is 6.75. The van der Waals surface area contributed by atoms with Crippen molar-refractivity contribution in [3.05, 3.63) is 45.8 Å². The molecule has 0 amide bonds. The number of ether oxygens (including phenoxy) is 2. The van der Waals surface area contributed by atoms with Crippen LogP contribution in [0.3, 0.4) is 0 Å². The van der Waals surface area contributed by atoms with Crippen molar-refractivity contribution in [1.29, 1.82) is 0 Å². The molecule has 33 heavy (non-hydrogen) atoms. The first-order chi connectivity index (χ1) is 15.9. The number of esters is 2. The maximum absolute atomic E-state index is 12.5. The van der Waals surface area contributed by atoms with Gasteiger partial charge in [0.2, 0.25) is 0 Å². The van der Waals surface area contributed by atoms with Crippen LogP contribution in [-0.2, 0) is 16.0 Å². The lowest BCUT2D eigenvalue weighted by Gasteiger charge is -2.26. The van der Waals surface area contributed by atoms with Crippen LogP contribution in [0.5, 0.6) is 0 Å². The Bertz CT molecular complexity index is 982. The first-order valence-corrected chi connectivity index (χ1v) is 12.5. The zero-order valence-corrected chi connectivity index (χ0v) is 21.0. The van der Waals surface area contributed by atoms with Gasteiger partial charge in [0.25, 0.3) is 0 Å². The van der Waals surface area contributed by atoms with Crippen LogP contribution in [0.2, 0.25) is 0 Å². The molecule has 0 unspecified atom stereocenters. The Morgan fingerprint density at radius 1 is 1.00 bits per heavy atom. The van der Waals surface area contributed by atoms with Crippen LogP contribution in [0, 0.1) is 6.92 Å². The fourth-order valence-corrected chi connectivity index (χ4v) is 5.15. The fourth-order valence-electron chi connectivity index (χ4n) is 3.78. The third-order valence-electron chi connectivity index (χ3n) is 5.38. The summed E-state index contributed by atoms with van der Waals surface area (Å²) in [5.41, 5.74) is 2.92. The van der Waals surface area contributed by atoms with Crippen LogP contribution in [-0.4, -0.2) is 48.3 Å². The lowest BCUT2D eigenvalue weighted by molar-refractivity contribution is 0.0527. The Labute approximate surface area is 204 Å². The molecule has 1 aliphatic heterocycles. The molecule has 1 aromatic carbocycles. The molecule has 3 rings (SSSR count). The molecule has 2 N–H and O–H groups in total. The highest BCUT2D eigenvalue weighted by atomic mass is 32.1. The van der Waals surface area contributed by atoms with Gasteiger partial charge < -0.3 is 20.1 Å². The number of anilines is 2. The predicted molar refractivity (Wildman–Crippen MR) is 136 cm³/mol. The molecule has 0 radical (unpaired) electrons. The SMILES string of the molecule is CCOC(=O)c1sc(NC(=S)Nc2ccc(CN3CCCCC3)cc2)c(C(=O)OCC)c1C. The minimum absolute atomic E-state index is 0.231. The van der Waals surface area contributed by atoms with E-state index in [9.17, 15) is 9.59 Å². The maximum atomic E-state index is 12.5. The molecule has 1 aromatic heterocycles. The van der Waals surface area contributed by atoms with E-state index in [0.717, 1.165) is 36.7 Å². The van der Waals surface area contributed by atoms with Gasteiger partial charge in [-0.2, -0.15) is 0 Å². The van der Waals surface area contributed by atoms with Crippen molar-refractivity contribution < 1.29 is 19.1 Å². The van der Waals surface area contributed by atoms with E-state index in [0.29, 0.717) is 26.1 Å². The quantitative estimate of drug-likeness (QED) is 0.387. The van der Waals surface area contributed by atoms with Gasteiger partial charge in [-0.05, 0) is 82.2 Å². The Hall–Kier alpha value is -2.49. The number of benzene rings is 1. The van der Waals surface area contributed by atoms with Crippen molar-refractivity contribution in [3.8, 4) is 0 Å². The number of piperidine rings is 1. The van der Waals surface area contributed by atoms with Gasteiger partial charge in [0.1, 0.15) is 9.88 Å².